The maximum absolute atomic E-state index is 13.4. The molecule has 2 heterocycles. The van der Waals surface area contributed by atoms with Crippen LogP contribution in [0.3, 0.4) is 0 Å². The van der Waals surface area contributed by atoms with E-state index in [0.717, 1.165) is 44.9 Å². The van der Waals surface area contributed by atoms with Crippen molar-refractivity contribution >= 4 is 6.09 Å². The number of carbonyl (C=O) groups excluding carboxylic acids is 1. The van der Waals surface area contributed by atoms with Crippen LogP contribution in [0, 0.1) is 45.3 Å². The van der Waals surface area contributed by atoms with Crippen molar-refractivity contribution in [3.63, 3.8) is 0 Å². The van der Waals surface area contributed by atoms with Crippen LogP contribution < -0.4 is 11.1 Å². The molecule has 2 spiro atoms. The number of nitrogens with two attached hydrogens (primary N) is 1. The molecule has 7 fully saturated rings. The molecule has 9 nitrogen and oxygen atoms in total. The van der Waals surface area contributed by atoms with Gasteiger partial charge in [0.1, 0.15) is 18.2 Å². The number of fused-ring (bicyclic) bond motifs is 4. The number of ether oxygens (including phenoxy) is 3. The van der Waals surface area contributed by atoms with E-state index in [1.165, 1.54) is 4.90 Å². The summed E-state index contributed by atoms with van der Waals surface area (Å²) in [6.45, 7) is 14.7. The molecule has 5 saturated carbocycles. The number of halogens is 3. The Labute approximate surface area is 289 Å². The van der Waals surface area contributed by atoms with Crippen molar-refractivity contribution in [1.29, 1.82) is 0 Å². The Bertz CT molecular complexity index is 1310. The second-order valence-electron chi connectivity index (χ2n) is 18.4. The molecule has 7 rings (SSSR count). The first-order valence-electron chi connectivity index (χ1n) is 18.9. The Balaban J connectivity index is 1.12. The van der Waals surface area contributed by atoms with Crippen molar-refractivity contribution in [2.24, 2.45) is 51.1 Å². The van der Waals surface area contributed by atoms with Gasteiger partial charge in [0.2, 0.25) is 0 Å². The van der Waals surface area contributed by atoms with E-state index in [1.54, 1.807) is 13.8 Å². The quantitative estimate of drug-likeness (QED) is 0.316. The number of piperazine rings is 1. The number of rotatable bonds is 5. The van der Waals surface area contributed by atoms with Gasteiger partial charge in [-0.2, -0.15) is 13.2 Å². The number of hydrogen-bond donors (Lipinski definition) is 4. The highest BCUT2D eigenvalue weighted by molar-refractivity contribution is 5.68. The SMILES string of the molecule is CCO[C@@H](C1CC[C@H]2C(O1)[C@H](O)[C@@]1(N)C3CC[C@H]4C(C)(C)[C@@H](OC(=O)N5CCNC(C(F)(F)F)C5)CC[C@@]45[C@@H](C)[C@@]35CC[C@]21C)C(C)(C)O. The van der Waals surface area contributed by atoms with Crippen molar-refractivity contribution < 1.29 is 42.4 Å². The predicted molar refractivity (Wildman–Crippen MR) is 176 cm³/mol. The Kier molecular flexibility index (Phi) is 8.43. The largest absolute Gasteiger partial charge is 0.446 e. The van der Waals surface area contributed by atoms with E-state index in [-0.39, 0.29) is 58.6 Å². The van der Waals surface area contributed by atoms with Gasteiger partial charge in [0.05, 0.1) is 29.5 Å². The zero-order chi connectivity index (χ0) is 35.7. The molecule has 1 amide bonds. The normalized spacial score (nSPS) is 49.5. The second-order valence-corrected chi connectivity index (χ2v) is 18.4. The summed E-state index contributed by atoms with van der Waals surface area (Å²) in [7, 11) is 0. The van der Waals surface area contributed by atoms with Crippen LogP contribution in [-0.2, 0) is 14.2 Å². The number of aliphatic hydroxyl groups excluding tert-OH is 1. The Hall–Kier alpha value is -1.18. The number of carbonyl (C=O) groups is 1. The number of alkyl halides is 3. The highest BCUT2D eigenvalue weighted by Crippen LogP contribution is 2.90. The molecule has 2 saturated heterocycles. The smallest absolute Gasteiger partial charge is 0.410 e. The zero-order valence-electron chi connectivity index (χ0n) is 30.4. The predicted octanol–water partition coefficient (Wildman–Crippen LogP) is 5.01. The van der Waals surface area contributed by atoms with Crippen LogP contribution in [0.15, 0.2) is 0 Å². The lowest BCUT2D eigenvalue weighted by atomic mass is 9.44. The van der Waals surface area contributed by atoms with E-state index in [9.17, 15) is 28.2 Å². The monoisotopic (exact) mass is 699 g/mol. The number of aliphatic hydroxyl groups is 2. The molecular formula is C37H60F3N3O6. The summed E-state index contributed by atoms with van der Waals surface area (Å²) < 4.78 is 59.2. The van der Waals surface area contributed by atoms with Crippen LogP contribution in [0.1, 0.15) is 99.8 Å². The zero-order valence-corrected chi connectivity index (χ0v) is 30.4. The molecule has 280 valence electrons. The molecule has 49 heavy (non-hydrogen) atoms. The standard InChI is InChI=1S/C37H60F3N3O6/c1-8-47-29(32(5,6)46)22-10-9-21-27(48-22)28(44)36(41)24-12-11-23-31(3,4)26(49-30(45)43-18-17-42-25(19-43)37(38,39)40)13-14-34(23)20(2)35(24,34)16-15-33(21,36)7/h20-29,42,44,46H,8-19,41H2,1-7H3/t20-,21+,22?,23+,24?,25?,26+,27?,28+,29+,33-,34-,35+,36+/m1/s1. The van der Waals surface area contributed by atoms with Gasteiger partial charge in [-0.05, 0) is 112 Å². The second kappa shape index (κ2) is 11.4. The fourth-order valence-corrected chi connectivity index (χ4v) is 13.9. The molecule has 0 aromatic carbocycles. The first-order chi connectivity index (χ1) is 22.7. The summed E-state index contributed by atoms with van der Waals surface area (Å²) in [5.41, 5.74) is 5.09. The summed E-state index contributed by atoms with van der Waals surface area (Å²) in [6.07, 6.45) is -0.743. The van der Waals surface area contributed by atoms with Crippen LogP contribution >= 0.6 is 0 Å². The Morgan fingerprint density at radius 3 is 2.39 bits per heavy atom. The summed E-state index contributed by atoms with van der Waals surface area (Å²) in [5.74, 6) is 0.873. The van der Waals surface area contributed by atoms with E-state index in [2.05, 4.69) is 33.0 Å². The van der Waals surface area contributed by atoms with Crippen molar-refractivity contribution in [3.05, 3.63) is 0 Å². The Morgan fingerprint density at radius 2 is 1.73 bits per heavy atom. The van der Waals surface area contributed by atoms with E-state index in [4.69, 9.17) is 19.9 Å². The van der Waals surface area contributed by atoms with Crippen LogP contribution in [0.25, 0.3) is 0 Å². The van der Waals surface area contributed by atoms with Crippen molar-refractivity contribution in [1.82, 2.24) is 10.2 Å². The molecule has 12 heteroatoms. The summed E-state index contributed by atoms with van der Waals surface area (Å²) in [5, 5.41) is 25.8. The topological polar surface area (TPSA) is 127 Å². The summed E-state index contributed by atoms with van der Waals surface area (Å²) in [6, 6.07) is -1.75. The van der Waals surface area contributed by atoms with Crippen LogP contribution in [0.5, 0.6) is 0 Å². The highest BCUT2D eigenvalue weighted by Gasteiger charge is 2.88. The van der Waals surface area contributed by atoms with Gasteiger partial charge < -0.3 is 40.4 Å². The maximum Gasteiger partial charge on any atom is 0.410 e. The minimum atomic E-state index is -4.43. The number of nitrogens with one attached hydrogen (secondary N) is 1. The molecule has 0 bridgehead atoms. The van der Waals surface area contributed by atoms with Crippen molar-refractivity contribution in [2.45, 2.75) is 154 Å². The van der Waals surface area contributed by atoms with Crippen molar-refractivity contribution in [2.75, 3.05) is 26.2 Å². The molecule has 0 aromatic rings. The average Bonchev–Trinajstić information content (AvgIpc) is 3.51. The summed E-state index contributed by atoms with van der Waals surface area (Å²) >= 11 is 0. The lowest BCUT2D eigenvalue weighted by Gasteiger charge is -2.63. The molecule has 5 aliphatic carbocycles. The average molecular weight is 700 g/mol. The van der Waals surface area contributed by atoms with E-state index in [1.807, 2.05) is 6.92 Å². The summed E-state index contributed by atoms with van der Waals surface area (Å²) in [4.78, 5) is 14.5. The lowest BCUT2D eigenvalue weighted by molar-refractivity contribution is -0.204. The molecule has 5 N–H and O–H groups in total. The number of hydrogen-bond acceptors (Lipinski definition) is 8. The van der Waals surface area contributed by atoms with Crippen LogP contribution in [-0.4, -0.2) is 101 Å². The molecular weight excluding hydrogens is 639 g/mol. The van der Waals surface area contributed by atoms with Crippen molar-refractivity contribution in [3.8, 4) is 0 Å². The van der Waals surface area contributed by atoms with Gasteiger partial charge in [0, 0.05) is 31.7 Å². The molecule has 14 atom stereocenters. The molecule has 0 aromatic heterocycles. The fourth-order valence-electron chi connectivity index (χ4n) is 13.9. The first-order valence-corrected chi connectivity index (χ1v) is 18.9. The maximum atomic E-state index is 13.4. The van der Waals surface area contributed by atoms with E-state index < -0.39 is 60.4 Å². The molecule has 7 aliphatic rings. The third-order valence-electron chi connectivity index (χ3n) is 16.0. The van der Waals surface area contributed by atoms with E-state index in [0.29, 0.717) is 18.9 Å². The van der Waals surface area contributed by atoms with Gasteiger partial charge >= 0.3 is 12.3 Å². The Morgan fingerprint density at radius 1 is 1.06 bits per heavy atom. The minimum Gasteiger partial charge on any atom is -0.446 e. The molecule has 4 unspecified atom stereocenters. The third-order valence-corrected chi connectivity index (χ3v) is 16.0. The van der Waals surface area contributed by atoms with Gasteiger partial charge in [-0.15, -0.1) is 0 Å². The van der Waals surface area contributed by atoms with Crippen LogP contribution in [0.2, 0.25) is 0 Å². The highest BCUT2D eigenvalue weighted by atomic mass is 19.4. The molecule has 0 radical (unpaired) electrons. The third kappa shape index (κ3) is 4.74. The lowest BCUT2D eigenvalue weighted by Crippen LogP contribution is -2.70. The van der Waals surface area contributed by atoms with Gasteiger partial charge in [-0.25, -0.2) is 4.79 Å². The molecule has 2 aliphatic heterocycles. The van der Waals surface area contributed by atoms with E-state index >= 15 is 0 Å². The van der Waals surface area contributed by atoms with Gasteiger partial charge in [0.25, 0.3) is 0 Å². The van der Waals surface area contributed by atoms with Gasteiger partial charge in [-0.1, -0.05) is 27.7 Å². The fraction of sp³-hybridized carbons (Fsp3) is 0.973. The first kappa shape index (κ1) is 36.2. The minimum absolute atomic E-state index is 0.00426. The number of nitrogens with zero attached hydrogens (tertiary/aromatic N) is 1. The van der Waals surface area contributed by atoms with Gasteiger partial charge in [0.15, 0.2) is 0 Å². The number of amides is 1. The van der Waals surface area contributed by atoms with Crippen LogP contribution in [0.4, 0.5) is 18.0 Å². The van der Waals surface area contributed by atoms with Gasteiger partial charge in [-0.3, -0.25) is 0 Å².